The number of ether oxygens (including phenoxy) is 2. The molecule has 0 bridgehead atoms. The van der Waals surface area contributed by atoms with Crippen LogP contribution < -0.4 is 5.32 Å². The van der Waals surface area contributed by atoms with Crippen LogP contribution in [0.1, 0.15) is 49.1 Å². The van der Waals surface area contributed by atoms with Crippen molar-refractivity contribution in [2.45, 2.75) is 20.8 Å². The van der Waals surface area contributed by atoms with Gasteiger partial charge in [-0.15, -0.1) is 22.7 Å². The normalized spacial score (nSPS) is 10.3. The standard InChI is InChI=1S/C16H17NO5S2/c1-4-21-15(19)11-9(3)12(16(20)22-5-2)24-14(11)17-13(18)10-7-6-8-23-10/h6-8H,4-5H2,1-3H3,(H,17,18). The Bertz CT molecular complexity index is 749. The molecule has 1 N–H and O–H groups in total. The molecular formula is C16H17NO5S2. The van der Waals surface area contributed by atoms with E-state index in [2.05, 4.69) is 5.32 Å². The minimum atomic E-state index is -0.580. The zero-order chi connectivity index (χ0) is 17.7. The monoisotopic (exact) mass is 367 g/mol. The molecule has 0 saturated carbocycles. The first-order chi connectivity index (χ1) is 11.5. The molecule has 8 heteroatoms. The Balaban J connectivity index is 2.40. The van der Waals surface area contributed by atoms with E-state index < -0.39 is 11.9 Å². The maximum Gasteiger partial charge on any atom is 0.348 e. The number of hydrogen-bond donors (Lipinski definition) is 1. The van der Waals surface area contributed by atoms with Gasteiger partial charge in [-0.2, -0.15) is 0 Å². The molecule has 2 heterocycles. The number of thiophene rings is 2. The molecule has 0 atom stereocenters. The van der Waals surface area contributed by atoms with E-state index in [1.807, 2.05) is 0 Å². The molecule has 128 valence electrons. The van der Waals surface area contributed by atoms with Crippen molar-refractivity contribution in [3.05, 3.63) is 38.4 Å². The summed E-state index contributed by atoms with van der Waals surface area (Å²) in [6.07, 6.45) is 0. The van der Waals surface area contributed by atoms with Gasteiger partial charge in [0.1, 0.15) is 9.88 Å². The lowest BCUT2D eigenvalue weighted by Gasteiger charge is -2.06. The van der Waals surface area contributed by atoms with Crippen molar-refractivity contribution < 1.29 is 23.9 Å². The summed E-state index contributed by atoms with van der Waals surface area (Å²) in [4.78, 5) is 37.3. The van der Waals surface area contributed by atoms with Crippen LogP contribution in [0, 0.1) is 6.92 Å². The van der Waals surface area contributed by atoms with E-state index >= 15 is 0 Å². The third kappa shape index (κ3) is 3.82. The SMILES string of the molecule is CCOC(=O)c1sc(NC(=O)c2cccs2)c(C(=O)OCC)c1C. The molecule has 0 unspecified atom stereocenters. The minimum absolute atomic E-state index is 0.190. The lowest BCUT2D eigenvalue weighted by Crippen LogP contribution is -2.14. The number of carbonyl (C=O) groups excluding carboxylic acids is 3. The maximum atomic E-state index is 12.3. The van der Waals surface area contributed by atoms with Gasteiger partial charge in [0, 0.05) is 0 Å². The first kappa shape index (κ1) is 18.2. The predicted octanol–water partition coefficient (Wildman–Crippen LogP) is 3.72. The molecule has 2 aromatic rings. The third-order valence-electron chi connectivity index (χ3n) is 3.06. The number of amides is 1. The van der Waals surface area contributed by atoms with Crippen molar-refractivity contribution in [1.82, 2.24) is 0 Å². The molecule has 2 rings (SSSR count). The summed E-state index contributed by atoms with van der Waals surface area (Å²) < 4.78 is 10.0. The summed E-state index contributed by atoms with van der Waals surface area (Å²) in [5.41, 5.74) is 0.633. The Morgan fingerprint density at radius 3 is 2.38 bits per heavy atom. The number of carbonyl (C=O) groups is 3. The number of rotatable bonds is 6. The summed E-state index contributed by atoms with van der Waals surface area (Å²) in [5, 5.41) is 4.76. The molecule has 2 aromatic heterocycles. The van der Waals surface area contributed by atoms with Gasteiger partial charge in [-0.05, 0) is 37.8 Å². The average molecular weight is 367 g/mol. The smallest absolute Gasteiger partial charge is 0.348 e. The first-order valence-electron chi connectivity index (χ1n) is 7.32. The average Bonchev–Trinajstić information content (AvgIpc) is 3.16. The second-order valence-electron chi connectivity index (χ2n) is 4.63. The lowest BCUT2D eigenvalue weighted by molar-refractivity contribution is 0.0527. The second kappa shape index (κ2) is 8.07. The highest BCUT2D eigenvalue weighted by atomic mass is 32.1. The van der Waals surface area contributed by atoms with Crippen molar-refractivity contribution >= 4 is 45.5 Å². The van der Waals surface area contributed by atoms with E-state index in [9.17, 15) is 14.4 Å². The van der Waals surface area contributed by atoms with Crippen molar-refractivity contribution in [2.75, 3.05) is 18.5 Å². The van der Waals surface area contributed by atoms with Crippen molar-refractivity contribution in [1.29, 1.82) is 0 Å². The Hall–Kier alpha value is -2.19. The van der Waals surface area contributed by atoms with Gasteiger partial charge >= 0.3 is 11.9 Å². The Kier molecular flexibility index (Phi) is 6.10. The zero-order valence-electron chi connectivity index (χ0n) is 13.5. The molecule has 0 aliphatic rings. The van der Waals surface area contributed by atoms with Crippen LogP contribution in [-0.2, 0) is 9.47 Å². The summed E-state index contributed by atoms with van der Waals surface area (Å²) in [6.45, 7) is 5.45. The largest absolute Gasteiger partial charge is 0.462 e. The fraction of sp³-hybridized carbons (Fsp3) is 0.312. The van der Waals surface area contributed by atoms with Crippen LogP contribution in [0.2, 0.25) is 0 Å². The predicted molar refractivity (Wildman–Crippen MR) is 93.2 cm³/mol. The highest BCUT2D eigenvalue weighted by Crippen LogP contribution is 2.34. The van der Waals surface area contributed by atoms with Crippen molar-refractivity contribution in [3.63, 3.8) is 0 Å². The van der Waals surface area contributed by atoms with Crippen molar-refractivity contribution in [3.8, 4) is 0 Å². The van der Waals surface area contributed by atoms with Crippen LogP contribution >= 0.6 is 22.7 Å². The van der Waals surface area contributed by atoms with E-state index in [0.29, 0.717) is 10.4 Å². The quantitative estimate of drug-likeness (QED) is 0.787. The summed E-state index contributed by atoms with van der Waals surface area (Å²) >= 11 is 2.30. The molecular weight excluding hydrogens is 350 g/mol. The molecule has 0 fully saturated rings. The van der Waals surface area contributed by atoms with Gasteiger partial charge in [0.2, 0.25) is 0 Å². The van der Waals surface area contributed by atoms with Crippen molar-refractivity contribution in [2.24, 2.45) is 0 Å². The zero-order valence-corrected chi connectivity index (χ0v) is 15.1. The highest BCUT2D eigenvalue weighted by molar-refractivity contribution is 7.19. The Labute approximate surface area is 147 Å². The van der Waals surface area contributed by atoms with Gasteiger partial charge < -0.3 is 14.8 Å². The molecule has 6 nitrogen and oxygen atoms in total. The number of hydrogen-bond acceptors (Lipinski definition) is 7. The van der Waals surface area contributed by atoms with Gasteiger partial charge in [0.15, 0.2) is 0 Å². The van der Waals surface area contributed by atoms with Crippen LogP contribution in [0.5, 0.6) is 0 Å². The molecule has 0 aliphatic carbocycles. The molecule has 0 spiro atoms. The topological polar surface area (TPSA) is 81.7 Å². The summed E-state index contributed by atoms with van der Waals surface area (Å²) in [5.74, 6) is -1.45. The van der Waals surface area contributed by atoms with Crippen LogP contribution in [-0.4, -0.2) is 31.1 Å². The van der Waals surface area contributed by atoms with Gasteiger partial charge in [-0.25, -0.2) is 9.59 Å². The minimum Gasteiger partial charge on any atom is -0.462 e. The van der Waals surface area contributed by atoms with Crippen LogP contribution in [0.4, 0.5) is 5.00 Å². The molecule has 0 aliphatic heterocycles. The summed E-state index contributed by atoms with van der Waals surface area (Å²) in [7, 11) is 0. The Morgan fingerprint density at radius 1 is 1.12 bits per heavy atom. The van der Waals surface area contributed by atoms with Gasteiger partial charge in [0.25, 0.3) is 5.91 Å². The molecule has 0 aromatic carbocycles. The van der Waals surface area contributed by atoms with E-state index in [0.717, 1.165) is 11.3 Å². The van der Waals surface area contributed by atoms with Gasteiger partial charge in [-0.1, -0.05) is 6.07 Å². The fourth-order valence-electron chi connectivity index (χ4n) is 2.01. The van der Waals surface area contributed by atoms with E-state index in [-0.39, 0.29) is 34.6 Å². The number of anilines is 1. The summed E-state index contributed by atoms with van der Waals surface area (Å²) in [6, 6.07) is 3.44. The van der Waals surface area contributed by atoms with E-state index in [4.69, 9.17) is 9.47 Å². The van der Waals surface area contributed by atoms with Crippen LogP contribution in [0.25, 0.3) is 0 Å². The maximum absolute atomic E-state index is 12.3. The number of nitrogens with one attached hydrogen (secondary N) is 1. The van der Waals surface area contributed by atoms with E-state index in [1.165, 1.54) is 11.3 Å². The molecule has 0 radical (unpaired) electrons. The van der Waals surface area contributed by atoms with E-state index in [1.54, 1.807) is 38.3 Å². The molecule has 1 amide bonds. The first-order valence-corrected chi connectivity index (χ1v) is 9.01. The van der Waals surface area contributed by atoms with Crippen LogP contribution in [0.3, 0.4) is 0 Å². The van der Waals surface area contributed by atoms with Crippen LogP contribution in [0.15, 0.2) is 17.5 Å². The fourth-order valence-corrected chi connectivity index (χ4v) is 3.72. The highest BCUT2D eigenvalue weighted by Gasteiger charge is 2.27. The lowest BCUT2D eigenvalue weighted by atomic mass is 10.1. The second-order valence-corrected chi connectivity index (χ2v) is 6.60. The Morgan fingerprint density at radius 2 is 1.79 bits per heavy atom. The number of esters is 2. The van der Waals surface area contributed by atoms with Gasteiger partial charge in [-0.3, -0.25) is 4.79 Å². The third-order valence-corrected chi connectivity index (χ3v) is 5.12. The van der Waals surface area contributed by atoms with Gasteiger partial charge in [0.05, 0.1) is 23.7 Å². The molecule has 0 saturated heterocycles. The molecule has 24 heavy (non-hydrogen) atoms.